The SMILES string of the molecule is CC1CCc2c(cnn2-c2ccc(F)cc2)N1C(=O)NCc1ccnc(S(C)(=O)=O)c1. The molecule has 0 fully saturated rings. The summed E-state index contributed by atoms with van der Waals surface area (Å²) in [5.74, 6) is -0.324. The first-order chi connectivity index (χ1) is 14.7. The maximum absolute atomic E-state index is 13.3. The van der Waals surface area contributed by atoms with Gasteiger partial charge in [-0.3, -0.25) is 4.90 Å². The molecule has 1 aliphatic rings. The number of aromatic nitrogens is 3. The van der Waals surface area contributed by atoms with Crippen LogP contribution in [0.25, 0.3) is 5.69 Å². The van der Waals surface area contributed by atoms with Crippen molar-refractivity contribution in [1.82, 2.24) is 20.1 Å². The van der Waals surface area contributed by atoms with Crippen LogP contribution in [0, 0.1) is 5.82 Å². The average molecular weight is 444 g/mol. The molecule has 162 valence electrons. The minimum atomic E-state index is -3.43. The summed E-state index contributed by atoms with van der Waals surface area (Å²) >= 11 is 0. The highest BCUT2D eigenvalue weighted by molar-refractivity contribution is 7.90. The standard InChI is InChI=1S/C21H22FN5O3S/c1-14-3-8-18-19(13-25-27(18)17-6-4-16(22)5-7-17)26(14)21(28)24-12-15-9-10-23-20(11-15)31(2,29)30/h4-7,9-11,13-14H,3,8,12H2,1-2H3,(H,24,28). The van der Waals surface area contributed by atoms with E-state index in [0.717, 1.165) is 30.5 Å². The summed E-state index contributed by atoms with van der Waals surface area (Å²) in [5, 5.41) is 7.24. The summed E-state index contributed by atoms with van der Waals surface area (Å²) in [7, 11) is -3.43. The lowest BCUT2D eigenvalue weighted by atomic mass is 10.0. The topological polar surface area (TPSA) is 97.2 Å². The van der Waals surface area contributed by atoms with Gasteiger partial charge < -0.3 is 5.32 Å². The van der Waals surface area contributed by atoms with Gasteiger partial charge in [-0.2, -0.15) is 5.10 Å². The summed E-state index contributed by atoms with van der Waals surface area (Å²) in [5.41, 5.74) is 2.94. The lowest BCUT2D eigenvalue weighted by Crippen LogP contribution is -2.47. The minimum absolute atomic E-state index is 0.0338. The fourth-order valence-electron chi connectivity index (χ4n) is 3.65. The van der Waals surface area contributed by atoms with E-state index in [1.165, 1.54) is 24.4 Å². The first-order valence-corrected chi connectivity index (χ1v) is 11.7. The zero-order chi connectivity index (χ0) is 22.2. The van der Waals surface area contributed by atoms with Crippen LogP contribution in [0.2, 0.25) is 0 Å². The molecule has 31 heavy (non-hydrogen) atoms. The van der Waals surface area contributed by atoms with Crippen LogP contribution in [0.15, 0.2) is 53.8 Å². The molecule has 4 rings (SSSR count). The van der Waals surface area contributed by atoms with Gasteiger partial charge in [0.2, 0.25) is 0 Å². The molecule has 1 aromatic carbocycles. The third-order valence-electron chi connectivity index (χ3n) is 5.26. The Bertz CT molecular complexity index is 1220. The molecule has 0 saturated carbocycles. The number of carbonyl (C=O) groups excluding carboxylic acids is 1. The molecule has 0 aliphatic carbocycles. The van der Waals surface area contributed by atoms with Crippen LogP contribution in [0.4, 0.5) is 14.9 Å². The number of pyridine rings is 1. The second-order valence-corrected chi connectivity index (χ2v) is 9.52. The first kappa shape index (κ1) is 21.0. The molecule has 0 spiro atoms. The van der Waals surface area contributed by atoms with Crippen LogP contribution in [0.1, 0.15) is 24.6 Å². The summed E-state index contributed by atoms with van der Waals surface area (Å²) in [6.45, 7) is 2.13. The van der Waals surface area contributed by atoms with Gasteiger partial charge in [0.15, 0.2) is 14.9 Å². The summed E-state index contributed by atoms with van der Waals surface area (Å²) in [6.07, 6.45) is 5.63. The van der Waals surface area contributed by atoms with E-state index in [9.17, 15) is 17.6 Å². The van der Waals surface area contributed by atoms with Crippen molar-refractivity contribution >= 4 is 21.6 Å². The number of nitrogens with one attached hydrogen (secondary N) is 1. The Hall–Kier alpha value is -3.27. The van der Waals surface area contributed by atoms with E-state index in [-0.39, 0.29) is 29.5 Å². The zero-order valence-corrected chi connectivity index (χ0v) is 17.9. The molecule has 3 aromatic rings. The van der Waals surface area contributed by atoms with Gasteiger partial charge in [0.05, 0.1) is 23.3 Å². The predicted molar refractivity (Wildman–Crippen MR) is 113 cm³/mol. The number of sulfone groups is 1. The van der Waals surface area contributed by atoms with Gasteiger partial charge in [-0.15, -0.1) is 0 Å². The number of urea groups is 1. The number of hydrogen-bond acceptors (Lipinski definition) is 5. The van der Waals surface area contributed by atoms with Gasteiger partial charge in [-0.1, -0.05) is 0 Å². The molecule has 0 saturated heterocycles. The van der Waals surface area contributed by atoms with Crippen molar-refractivity contribution in [3.05, 3.63) is 65.9 Å². The molecule has 1 aliphatic heterocycles. The van der Waals surface area contributed by atoms with E-state index in [4.69, 9.17) is 0 Å². The highest BCUT2D eigenvalue weighted by atomic mass is 32.2. The highest BCUT2D eigenvalue weighted by Gasteiger charge is 2.31. The normalized spacial score (nSPS) is 16.1. The van der Waals surface area contributed by atoms with Gasteiger partial charge in [0, 0.05) is 25.0 Å². The molecule has 0 radical (unpaired) electrons. The smallest absolute Gasteiger partial charge is 0.322 e. The van der Waals surface area contributed by atoms with E-state index in [0.29, 0.717) is 11.3 Å². The number of amides is 2. The van der Waals surface area contributed by atoms with E-state index >= 15 is 0 Å². The predicted octanol–water partition coefficient (Wildman–Crippen LogP) is 2.86. The second kappa shape index (κ2) is 8.10. The first-order valence-electron chi connectivity index (χ1n) is 9.79. The largest absolute Gasteiger partial charge is 0.334 e. The van der Waals surface area contributed by atoms with Crippen LogP contribution in [0.5, 0.6) is 0 Å². The molecule has 10 heteroatoms. The fraction of sp³-hybridized carbons (Fsp3) is 0.286. The fourth-order valence-corrected chi connectivity index (χ4v) is 4.27. The zero-order valence-electron chi connectivity index (χ0n) is 17.1. The molecule has 3 heterocycles. The quantitative estimate of drug-likeness (QED) is 0.669. The van der Waals surface area contributed by atoms with Gasteiger partial charge in [0.1, 0.15) is 5.82 Å². The number of halogens is 1. The molecule has 1 unspecified atom stereocenters. The average Bonchev–Trinajstić information content (AvgIpc) is 3.16. The number of nitrogens with zero attached hydrogens (tertiary/aromatic N) is 4. The number of carbonyl (C=O) groups is 1. The van der Waals surface area contributed by atoms with Crippen LogP contribution < -0.4 is 10.2 Å². The molecular formula is C21H22FN5O3S. The Morgan fingerprint density at radius 3 is 2.71 bits per heavy atom. The molecule has 8 nitrogen and oxygen atoms in total. The molecule has 2 amide bonds. The molecule has 1 atom stereocenters. The number of rotatable bonds is 4. The Kier molecular flexibility index (Phi) is 5.48. The molecule has 2 aromatic heterocycles. The summed E-state index contributed by atoms with van der Waals surface area (Å²) in [4.78, 5) is 18.5. The van der Waals surface area contributed by atoms with E-state index < -0.39 is 9.84 Å². The maximum atomic E-state index is 13.3. The monoisotopic (exact) mass is 443 g/mol. The lowest BCUT2D eigenvalue weighted by Gasteiger charge is -2.33. The van der Waals surface area contributed by atoms with Gasteiger partial charge in [-0.05, 0) is 61.7 Å². The van der Waals surface area contributed by atoms with E-state index in [2.05, 4.69) is 15.4 Å². The minimum Gasteiger partial charge on any atom is -0.334 e. The maximum Gasteiger partial charge on any atom is 0.322 e. The van der Waals surface area contributed by atoms with Crippen molar-refractivity contribution in [3.63, 3.8) is 0 Å². The number of anilines is 1. The van der Waals surface area contributed by atoms with Crippen molar-refractivity contribution < 1.29 is 17.6 Å². The van der Waals surface area contributed by atoms with Crippen LogP contribution in [0.3, 0.4) is 0 Å². The highest BCUT2D eigenvalue weighted by Crippen LogP contribution is 2.32. The van der Waals surface area contributed by atoms with Crippen LogP contribution in [-0.4, -0.2) is 41.5 Å². The van der Waals surface area contributed by atoms with Crippen molar-refractivity contribution in [2.24, 2.45) is 0 Å². The second-order valence-electron chi connectivity index (χ2n) is 7.56. The Balaban J connectivity index is 1.55. The van der Waals surface area contributed by atoms with Crippen molar-refractivity contribution in [2.75, 3.05) is 11.2 Å². The Labute approximate surface area is 179 Å². The van der Waals surface area contributed by atoms with Gasteiger partial charge in [0.25, 0.3) is 0 Å². The summed E-state index contributed by atoms with van der Waals surface area (Å²) < 4.78 is 38.4. The van der Waals surface area contributed by atoms with Crippen molar-refractivity contribution in [2.45, 2.75) is 37.4 Å². The molecule has 1 N–H and O–H groups in total. The van der Waals surface area contributed by atoms with Crippen LogP contribution >= 0.6 is 0 Å². The number of benzene rings is 1. The van der Waals surface area contributed by atoms with E-state index in [1.807, 2.05) is 6.92 Å². The van der Waals surface area contributed by atoms with Gasteiger partial charge in [-0.25, -0.2) is 27.3 Å². The van der Waals surface area contributed by atoms with Crippen LogP contribution in [-0.2, 0) is 22.8 Å². The van der Waals surface area contributed by atoms with Gasteiger partial charge >= 0.3 is 6.03 Å². The third kappa shape index (κ3) is 4.29. The Morgan fingerprint density at radius 2 is 2.00 bits per heavy atom. The summed E-state index contributed by atoms with van der Waals surface area (Å²) in [6, 6.07) is 8.81. The Morgan fingerprint density at radius 1 is 1.26 bits per heavy atom. The van der Waals surface area contributed by atoms with Crippen molar-refractivity contribution in [1.29, 1.82) is 0 Å². The third-order valence-corrected chi connectivity index (χ3v) is 6.24. The molecular weight excluding hydrogens is 421 g/mol. The van der Waals surface area contributed by atoms with Crippen molar-refractivity contribution in [3.8, 4) is 5.69 Å². The number of hydrogen-bond donors (Lipinski definition) is 1. The molecule has 0 bridgehead atoms. The number of fused-ring (bicyclic) bond motifs is 1. The lowest BCUT2D eigenvalue weighted by molar-refractivity contribution is 0.243. The van der Waals surface area contributed by atoms with E-state index in [1.54, 1.807) is 34.0 Å².